The number of benzene rings is 2. The smallest absolute Gasteiger partial charge is 0.480 e. The largest absolute Gasteiger partial charge is 0.508 e. The summed E-state index contributed by atoms with van der Waals surface area (Å²) in [6.45, 7) is 2.40. The third-order valence-corrected chi connectivity index (χ3v) is 7.45. The van der Waals surface area contributed by atoms with Crippen molar-refractivity contribution in [3.8, 4) is 28.3 Å². The van der Waals surface area contributed by atoms with Gasteiger partial charge in [-0.2, -0.15) is 5.21 Å². The van der Waals surface area contributed by atoms with Crippen molar-refractivity contribution in [2.75, 3.05) is 19.8 Å². The molecule has 5 N–H and O–H groups in total. The SMILES string of the molecule is Cc1nc(C)c2c(OC(=O)NC(COC(=O)OCCCCON(O)O)C(=O)O)cc(=O)n(Cc3ccc(-c4ccccc4-c4nn[nH]n4)cc3)c2n1. The Kier molecular flexibility index (Phi) is 12.1. The predicted molar refractivity (Wildman–Crippen MR) is 176 cm³/mol. The third-order valence-electron chi connectivity index (χ3n) is 7.45. The number of carboxylic acids is 1. The summed E-state index contributed by atoms with van der Waals surface area (Å²) in [7, 11) is 0. The minimum absolute atomic E-state index is 0.0664. The number of carboxylic acid groups (broad SMARTS) is 1. The van der Waals surface area contributed by atoms with E-state index in [1.807, 2.05) is 48.5 Å². The minimum atomic E-state index is -1.73. The summed E-state index contributed by atoms with van der Waals surface area (Å²) in [5.74, 6) is -0.945. The fourth-order valence-corrected chi connectivity index (χ4v) is 5.10. The van der Waals surface area contributed by atoms with E-state index in [0.717, 1.165) is 28.3 Å². The number of H-pyrrole nitrogens is 1. The normalized spacial score (nSPS) is 11.7. The van der Waals surface area contributed by atoms with E-state index in [1.165, 1.54) is 4.57 Å². The molecule has 0 saturated heterocycles. The van der Waals surface area contributed by atoms with E-state index < -0.39 is 41.8 Å². The summed E-state index contributed by atoms with van der Waals surface area (Å²) >= 11 is 0. The number of carbonyl (C=O) groups excluding carboxylic acids is 2. The van der Waals surface area contributed by atoms with E-state index in [0.29, 0.717) is 23.8 Å². The molecule has 3 heterocycles. The number of amides is 1. The molecule has 5 rings (SSSR count). The van der Waals surface area contributed by atoms with Gasteiger partial charge in [0.15, 0.2) is 17.4 Å². The van der Waals surface area contributed by atoms with Gasteiger partial charge in [0.2, 0.25) is 5.82 Å². The Labute approximate surface area is 293 Å². The predicted octanol–water partition coefficient (Wildman–Crippen LogP) is 2.79. The topological polar surface area (TPSA) is 266 Å². The van der Waals surface area contributed by atoms with Crippen molar-refractivity contribution in [3.63, 3.8) is 0 Å². The summed E-state index contributed by atoms with van der Waals surface area (Å²) in [5.41, 5.74) is 3.34. The highest BCUT2D eigenvalue weighted by Gasteiger charge is 2.25. The number of nitrogens with one attached hydrogen (secondary N) is 2. The van der Waals surface area contributed by atoms with Crippen molar-refractivity contribution in [2.24, 2.45) is 0 Å². The number of fused-ring (bicyclic) bond motifs is 1. The Balaban J connectivity index is 1.28. The lowest BCUT2D eigenvalue weighted by atomic mass is 9.98. The molecule has 0 fully saturated rings. The number of aliphatic carboxylic acids is 1. The first-order valence-electron chi connectivity index (χ1n) is 15.6. The maximum absolute atomic E-state index is 13.5. The molecule has 0 aliphatic carbocycles. The van der Waals surface area contributed by atoms with Crippen molar-refractivity contribution >= 4 is 29.3 Å². The van der Waals surface area contributed by atoms with Crippen LogP contribution >= 0.6 is 0 Å². The first kappa shape index (κ1) is 36.9. The van der Waals surface area contributed by atoms with Gasteiger partial charge in [0, 0.05) is 11.6 Å². The van der Waals surface area contributed by atoms with Crippen LogP contribution in [-0.4, -0.2) is 100 Å². The van der Waals surface area contributed by atoms with Crippen LogP contribution < -0.4 is 15.6 Å². The van der Waals surface area contributed by atoms with Crippen LogP contribution in [0.4, 0.5) is 9.59 Å². The molecule has 0 aliphatic heterocycles. The summed E-state index contributed by atoms with van der Waals surface area (Å²) in [4.78, 5) is 63.2. The Morgan fingerprint density at radius 2 is 1.71 bits per heavy atom. The van der Waals surface area contributed by atoms with E-state index >= 15 is 0 Å². The highest BCUT2D eigenvalue weighted by molar-refractivity contribution is 5.88. The van der Waals surface area contributed by atoms with Crippen molar-refractivity contribution in [3.05, 3.63) is 82.0 Å². The van der Waals surface area contributed by atoms with Gasteiger partial charge in [-0.1, -0.05) is 48.5 Å². The molecular weight excluding hydrogens is 686 g/mol. The molecule has 0 saturated carbocycles. The molecule has 5 aromatic rings. The van der Waals surface area contributed by atoms with E-state index in [-0.39, 0.29) is 43.0 Å². The van der Waals surface area contributed by atoms with Gasteiger partial charge >= 0.3 is 18.2 Å². The number of aromatic amines is 1. The number of aromatic nitrogens is 7. The van der Waals surface area contributed by atoms with Gasteiger partial charge < -0.3 is 24.6 Å². The zero-order chi connectivity index (χ0) is 37.2. The standard InChI is InChI=1S/C32H33N9O11/c1-18-27-25(52-31(45)35-24(30(43)44)17-50-32(46)49-13-5-6-14-51-41(47)48)15-26(42)40(29(27)34-19(2)33-18)16-20-9-11-21(12-10-20)22-7-3-4-8-23(22)28-36-38-39-37-28/h3-4,7-12,15,24,47-48H,5-6,13-14,16-17H2,1-2H3,(H,35,45)(H,43,44)(H,36,37,38,39). The summed E-state index contributed by atoms with van der Waals surface area (Å²) < 4.78 is 16.4. The number of carbonyl (C=O) groups is 3. The van der Waals surface area contributed by atoms with Crippen LogP contribution in [0.3, 0.4) is 0 Å². The minimum Gasteiger partial charge on any atom is -0.480 e. The second-order valence-corrected chi connectivity index (χ2v) is 11.1. The van der Waals surface area contributed by atoms with Crippen molar-refractivity contribution in [1.29, 1.82) is 0 Å². The number of unbranched alkanes of at least 4 members (excludes halogenated alkanes) is 1. The van der Waals surface area contributed by atoms with E-state index in [4.69, 9.17) is 24.6 Å². The van der Waals surface area contributed by atoms with E-state index in [9.17, 15) is 24.3 Å². The van der Waals surface area contributed by atoms with Gasteiger partial charge in [0.05, 0.1) is 36.2 Å². The fourth-order valence-electron chi connectivity index (χ4n) is 5.10. The molecule has 1 atom stereocenters. The van der Waals surface area contributed by atoms with Gasteiger partial charge in [0.1, 0.15) is 12.4 Å². The monoisotopic (exact) mass is 719 g/mol. The molecule has 0 spiro atoms. The van der Waals surface area contributed by atoms with Crippen LogP contribution in [0.15, 0.2) is 59.4 Å². The van der Waals surface area contributed by atoms with Crippen molar-refractivity contribution in [2.45, 2.75) is 39.3 Å². The lowest BCUT2D eigenvalue weighted by Gasteiger charge is -2.17. The molecule has 1 unspecified atom stereocenters. The number of hydrogen-bond acceptors (Lipinski definition) is 16. The molecule has 0 radical (unpaired) electrons. The third kappa shape index (κ3) is 9.45. The molecule has 2 aromatic carbocycles. The molecule has 272 valence electrons. The molecule has 0 bridgehead atoms. The molecule has 3 aromatic heterocycles. The number of rotatable bonds is 15. The van der Waals surface area contributed by atoms with Crippen LogP contribution in [0.2, 0.25) is 0 Å². The van der Waals surface area contributed by atoms with E-state index in [2.05, 4.69) is 40.7 Å². The Hall–Kier alpha value is -6.35. The maximum atomic E-state index is 13.5. The Morgan fingerprint density at radius 3 is 2.40 bits per heavy atom. The number of tetrazole rings is 1. The molecule has 20 nitrogen and oxygen atoms in total. The fraction of sp³-hybridized carbons (Fsp3) is 0.281. The van der Waals surface area contributed by atoms with Gasteiger partial charge in [-0.25, -0.2) is 24.4 Å². The van der Waals surface area contributed by atoms with Crippen LogP contribution in [-0.2, 0) is 25.7 Å². The van der Waals surface area contributed by atoms with Crippen LogP contribution in [0, 0.1) is 13.8 Å². The summed E-state index contributed by atoms with van der Waals surface area (Å²) in [6.07, 6.45) is -1.88. The second-order valence-electron chi connectivity index (χ2n) is 11.1. The highest BCUT2D eigenvalue weighted by Crippen LogP contribution is 2.30. The van der Waals surface area contributed by atoms with Crippen LogP contribution in [0.1, 0.15) is 29.9 Å². The lowest BCUT2D eigenvalue weighted by molar-refractivity contribution is -0.492. The average Bonchev–Trinajstić information content (AvgIpc) is 3.65. The average molecular weight is 720 g/mol. The number of pyridine rings is 1. The quantitative estimate of drug-likeness (QED) is 0.0591. The molecule has 20 heteroatoms. The Bertz CT molecular complexity index is 2090. The van der Waals surface area contributed by atoms with Crippen molar-refractivity contribution < 1.29 is 49.0 Å². The van der Waals surface area contributed by atoms with Gasteiger partial charge in [0.25, 0.3) is 5.56 Å². The zero-order valence-corrected chi connectivity index (χ0v) is 27.8. The zero-order valence-electron chi connectivity index (χ0n) is 27.8. The first-order valence-corrected chi connectivity index (χ1v) is 15.6. The maximum Gasteiger partial charge on any atom is 0.508 e. The summed E-state index contributed by atoms with van der Waals surface area (Å²) in [5, 5.41) is 42.7. The lowest BCUT2D eigenvalue weighted by Crippen LogP contribution is -2.45. The van der Waals surface area contributed by atoms with Gasteiger partial charge in [-0.3, -0.25) is 24.6 Å². The highest BCUT2D eigenvalue weighted by atomic mass is 17.1. The second kappa shape index (κ2) is 17.0. The number of hydrogen-bond donors (Lipinski definition) is 5. The first-order chi connectivity index (χ1) is 25.0. The van der Waals surface area contributed by atoms with Gasteiger partial charge in [-0.05, 0) is 48.6 Å². The molecular formula is C32H33N9O11. The molecule has 1 amide bonds. The number of nitrogens with zero attached hydrogens (tertiary/aromatic N) is 7. The van der Waals surface area contributed by atoms with Crippen molar-refractivity contribution in [1.82, 2.24) is 45.9 Å². The number of ether oxygens (including phenoxy) is 3. The van der Waals surface area contributed by atoms with Crippen LogP contribution in [0.5, 0.6) is 5.75 Å². The van der Waals surface area contributed by atoms with Crippen LogP contribution in [0.25, 0.3) is 33.5 Å². The molecule has 0 aliphatic rings. The Morgan fingerprint density at radius 1 is 0.981 bits per heavy atom. The van der Waals surface area contributed by atoms with E-state index in [1.54, 1.807) is 13.8 Å². The summed E-state index contributed by atoms with van der Waals surface area (Å²) in [6, 6.07) is 14.5. The molecule has 52 heavy (non-hydrogen) atoms. The number of aryl methyl sites for hydroxylation is 2. The van der Waals surface area contributed by atoms with Gasteiger partial charge in [-0.15, -0.1) is 10.2 Å².